The lowest BCUT2D eigenvalue weighted by Gasteiger charge is -2.27. The maximum absolute atomic E-state index is 11.1. The lowest BCUT2D eigenvalue weighted by Crippen LogP contribution is -2.43. The van der Waals surface area contributed by atoms with Crippen molar-refractivity contribution in [2.75, 3.05) is 27.2 Å². The maximum Gasteiger partial charge on any atom is 0.233 e. The normalized spacial score (nSPS) is 20.0. The number of amides is 1. The molecule has 82 valence electrons. The molecule has 0 unspecified atom stereocenters. The predicted molar refractivity (Wildman–Crippen MR) is 55.0 cm³/mol. The number of carbonyl (C=O) groups is 1. The fourth-order valence-electron chi connectivity index (χ4n) is 2.07. The molecule has 4 heteroatoms. The largest absolute Gasteiger partial charge is 0.389 e. The minimum absolute atomic E-state index is 0.00547. The van der Waals surface area contributed by atoms with Crippen LogP contribution in [0.3, 0.4) is 0 Å². The summed E-state index contributed by atoms with van der Waals surface area (Å²) >= 11 is 0. The van der Waals surface area contributed by atoms with Crippen LogP contribution in [0.4, 0.5) is 0 Å². The van der Waals surface area contributed by atoms with Gasteiger partial charge in [-0.25, -0.2) is 0 Å². The van der Waals surface area contributed by atoms with Gasteiger partial charge in [-0.3, -0.25) is 9.69 Å². The van der Waals surface area contributed by atoms with Gasteiger partial charge in [-0.05, 0) is 19.9 Å². The number of nitrogens with one attached hydrogen (secondary N) is 1. The van der Waals surface area contributed by atoms with Crippen molar-refractivity contribution in [3.8, 4) is 0 Å². The molecule has 0 aromatic rings. The van der Waals surface area contributed by atoms with E-state index in [0.29, 0.717) is 13.1 Å². The van der Waals surface area contributed by atoms with E-state index in [0.717, 1.165) is 25.7 Å². The van der Waals surface area contributed by atoms with Crippen molar-refractivity contribution in [1.82, 2.24) is 10.2 Å². The standard InChI is InChI=1S/C10H20N2O2/c1-11-9(13)7-12(2)8-10(14)5-3-4-6-10/h14H,3-8H2,1-2H3,(H,11,13). The van der Waals surface area contributed by atoms with Gasteiger partial charge >= 0.3 is 0 Å². The van der Waals surface area contributed by atoms with Crippen LogP contribution >= 0.6 is 0 Å². The highest BCUT2D eigenvalue weighted by molar-refractivity contribution is 5.77. The van der Waals surface area contributed by atoms with Crippen molar-refractivity contribution in [3.05, 3.63) is 0 Å². The Morgan fingerprint density at radius 2 is 2.07 bits per heavy atom. The molecule has 14 heavy (non-hydrogen) atoms. The molecule has 1 fully saturated rings. The first-order chi connectivity index (χ1) is 6.56. The Bertz CT molecular complexity index is 200. The van der Waals surface area contributed by atoms with Crippen LogP contribution in [0.25, 0.3) is 0 Å². The smallest absolute Gasteiger partial charge is 0.233 e. The molecular weight excluding hydrogens is 180 g/mol. The second kappa shape index (κ2) is 4.75. The summed E-state index contributed by atoms with van der Waals surface area (Å²) in [7, 11) is 3.49. The van der Waals surface area contributed by atoms with E-state index in [2.05, 4.69) is 5.32 Å². The highest BCUT2D eigenvalue weighted by Gasteiger charge is 2.32. The van der Waals surface area contributed by atoms with Crippen LogP contribution in [0.5, 0.6) is 0 Å². The molecule has 1 amide bonds. The third-order valence-corrected chi connectivity index (χ3v) is 2.79. The van der Waals surface area contributed by atoms with Gasteiger partial charge in [0.25, 0.3) is 0 Å². The lowest BCUT2D eigenvalue weighted by atomic mass is 10.0. The molecule has 0 heterocycles. The van der Waals surface area contributed by atoms with E-state index < -0.39 is 5.60 Å². The van der Waals surface area contributed by atoms with Gasteiger partial charge in [-0.15, -0.1) is 0 Å². The molecule has 1 rings (SSSR count). The van der Waals surface area contributed by atoms with Gasteiger partial charge in [0.2, 0.25) is 5.91 Å². The molecule has 1 aliphatic carbocycles. The van der Waals surface area contributed by atoms with Gasteiger partial charge < -0.3 is 10.4 Å². The second-order valence-corrected chi connectivity index (χ2v) is 4.28. The van der Waals surface area contributed by atoms with Crippen LogP contribution in [-0.4, -0.2) is 48.7 Å². The van der Waals surface area contributed by atoms with E-state index in [9.17, 15) is 9.90 Å². The predicted octanol–water partition coefficient (Wildman–Crippen LogP) is -0.0307. The van der Waals surface area contributed by atoms with E-state index in [1.807, 2.05) is 11.9 Å². The van der Waals surface area contributed by atoms with Crippen LogP contribution in [0, 0.1) is 0 Å². The summed E-state index contributed by atoms with van der Waals surface area (Å²) in [6, 6.07) is 0. The van der Waals surface area contributed by atoms with E-state index in [-0.39, 0.29) is 5.91 Å². The highest BCUT2D eigenvalue weighted by atomic mass is 16.3. The van der Waals surface area contributed by atoms with E-state index >= 15 is 0 Å². The molecule has 0 saturated heterocycles. The van der Waals surface area contributed by atoms with E-state index in [4.69, 9.17) is 0 Å². The number of hydrogen-bond donors (Lipinski definition) is 2. The highest BCUT2D eigenvalue weighted by Crippen LogP contribution is 2.29. The minimum atomic E-state index is -0.553. The van der Waals surface area contributed by atoms with Crippen molar-refractivity contribution in [2.24, 2.45) is 0 Å². The second-order valence-electron chi connectivity index (χ2n) is 4.28. The molecule has 0 radical (unpaired) electrons. The zero-order chi connectivity index (χ0) is 10.6. The summed E-state index contributed by atoms with van der Waals surface area (Å²) in [5.41, 5.74) is -0.553. The van der Waals surface area contributed by atoms with Crippen molar-refractivity contribution in [2.45, 2.75) is 31.3 Å². The van der Waals surface area contributed by atoms with E-state index in [1.54, 1.807) is 7.05 Å². The van der Waals surface area contributed by atoms with Crippen LogP contribution in [0.15, 0.2) is 0 Å². The first kappa shape index (κ1) is 11.5. The number of hydrogen-bond acceptors (Lipinski definition) is 3. The zero-order valence-corrected chi connectivity index (χ0v) is 9.05. The lowest BCUT2D eigenvalue weighted by molar-refractivity contribution is -0.122. The molecule has 2 N–H and O–H groups in total. The molecule has 0 aromatic carbocycles. The summed E-state index contributed by atoms with van der Waals surface area (Å²) < 4.78 is 0. The Kier molecular flexibility index (Phi) is 3.89. The van der Waals surface area contributed by atoms with Crippen molar-refractivity contribution >= 4 is 5.91 Å². The molecule has 0 spiro atoms. The number of likely N-dealkylation sites (N-methyl/N-ethyl adjacent to an activating group) is 2. The number of carbonyl (C=O) groups excluding carboxylic acids is 1. The fourth-order valence-corrected chi connectivity index (χ4v) is 2.07. The average Bonchev–Trinajstić information content (AvgIpc) is 2.51. The zero-order valence-electron chi connectivity index (χ0n) is 9.05. The van der Waals surface area contributed by atoms with Crippen LogP contribution in [-0.2, 0) is 4.79 Å². The Hall–Kier alpha value is -0.610. The van der Waals surface area contributed by atoms with Gasteiger partial charge in [0, 0.05) is 13.6 Å². The molecule has 0 aliphatic heterocycles. The third-order valence-electron chi connectivity index (χ3n) is 2.79. The summed E-state index contributed by atoms with van der Waals surface area (Å²) in [4.78, 5) is 12.9. The Labute approximate surface area is 85.3 Å². The number of nitrogens with zero attached hydrogens (tertiary/aromatic N) is 1. The van der Waals surface area contributed by atoms with Crippen molar-refractivity contribution in [1.29, 1.82) is 0 Å². The Balaban J connectivity index is 2.32. The summed E-state index contributed by atoms with van der Waals surface area (Å²) in [6.07, 6.45) is 3.94. The molecule has 0 bridgehead atoms. The molecular formula is C10H20N2O2. The first-order valence-corrected chi connectivity index (χ1v) is 5.17. The monoisotopic (exact) mass is 200 g/mol. The summed E-state index contributed by atoms with van der Waals surface area (Å²) in [5, 5.41) is 12.6. The van der Waals surface area contributed by atoms with Gasteiger partial charge in [0.05, 0.1) is 12.1 Å². The van der Waals surface area contributed by atoms with Crippen LogP contribution < -0.4 is 5.32 Å². The Morgan fingerprint density at radius 3 is 2.57 bits per heavy atom. The van der Waals surface area contributed by atoms with Crippen LogP contribution in [0.2, 0.25) is 0 Å². The van der Waals surface area contributed by atoms with Crippen molar-refractivity contribution < 1.29 is 9.90 Å². The molecule has 0 aromatic heterocycles. The first-order valence-electron chi connectivity index (χ1n) is 5.17. The van der Waals surface area contributed by atoms with Gasteiger partial charge in [-0.2, -0.15) is 0 Å². The average molecular weight is 200 g/mol. The molecule has 1 saturated carbocycles. The molecule has 1 aliphatic rings. The van der Waals surface area contributed by atoms with Gasteiger partial charge in [0.15, 0.2) is 0 Å². The van der Waals surface area contributed by atoms with Gasteiger partial charge in [-0.1, -0.05) is 12.8 Å². The summed E-state index contributed by atoms with van der Waals surface area (Å²) in [6.45, 7) is 0.958. The quantitative estimate of drug-likeness (QED) is 0.670. The van der Waals surface area contributed by atoms with Crippen LogP contribution in [0.1, 0.15) is 25.7 Å². The summed E-state index contributed by atoms with van der Waals surface area (Å²) in [5.74, 6) is -0.00547. The number of aliphatic hydroxyl groups is 1. The van der Waals surface area contributed by atoms with Gasteiger partial charge in [0.1, 0.15) is 0 Å². The molecule has 4 nitrogen and oxygen atoms in total. The topological polar surface area (TPSA) is 52.6 Å². The third kappa shape index (κ3) is 3.27. The van der Waals surface area contributed by atoms with E-state index in [1.165, 1.54) is 0 Å². The SMILES string of the molecule is CNC(=O)CN(C)CC1(O)CCCC1. The number of rotatable bonds is 4. The Morgan fingerprint density at radius 1 is 1.50 bits per heavy atom. The molecule has 0 atom stereocenters. The van der Waals surface area contributed by atoms with Crippen molar-refractivity contribution in [3.63, 3.8) is 0 Å². The fraction of sp³-hybridized carbons (Fsp3) is 0.900. The maximum atomic E-state index is 11.1. The minimum Gasteiger partial charge on any atom is -0.389 e.